The van der Waals surface area contributed by atoms with E-state index in [1.165, 1.54) is 11.6 Å². The lowest BCUT2D eigenvalue weighted by atomic mass is 10.2. The summed E-state index contributed by atoms with van der Waals surface area (Å²) in [7, 11) is 0. The molecule has 0 spiro atoms. The first-order valence-corrected chi connectivity index (χ1v) is 7.37. The lowest BCUT2D eigenvalue weighted by Gasteiger charge is -2.10. The predicted molar refractivity (Wildman–Crippen MR) is 84.8 cm³/mol. The zero-order valence-electron chi connectivity index (χ0n) is 12.6. The van der Waals surface area contributed by atoms with Gasteiger partial charge in [0, 0.05) is 6.42 Å². The summed E-state index contributed by atoms with van der Waals surface area (Å²) in [4.78, 5) is 11.0. The molecule has 2 rings (SSSR count). The van der Waals surface area contributed by atoms with E-state index in [2.05, 4.69) is 19.1 Å². The maximum atomic E-state index is 11.0. The van der Waals surface area contributed by atoms with E-state index in [0.29, 0.717) is 25.4 Å². The van der Waals surface area contributed by atoms with Gasteiger partial charge in [-0.25, -0.2) is 4.79 Å². The number of benzene rings is 2. The third-order valence-corrected chi connectivity index (χ3v) is 3.26. The van der Waals surface area contributed by atoms with Crippen LogP contribution in [0, 0.1) is 0 Å². The molecule has 0 heterocycles. The van der Waals surface area contributed by atoms with E-state index in [9.17, 15) is 4.79 Å². The zero-order valence-corrected chi connectivity index (χ0v) is 12.6. The number of aromatic carboxylic acids is 1. The van der Waals surface area contributed by atoms with Crippen molar-refractivity contribution in [2.24, 2.45) is 0 Å². The maximum Gasteiger partial charge on any atom is 0.339 e. The largest absolute Gasteiger partial charge is 0.493 e. The minimum Gasteiger partial charge on any atom is -0.493 e. The molecular weight excluding hydrogens is 280 g/mol. The molecule has 0 radical (unpaired) electrons. The molecule has 0 aliphatic heterocycles. The fourth-order valence-electron chi connectivity index (χ4n) is 2.02. The number of hydrogen-bond donors (Lipinski definition) is 1. The number of ether oxygens (including phenoxy) is 2. The van der Waals surface area contributed by atoms with Gasteiger partial charge in [0.05, 0.1) is 13.2 Å². The van der Waals surface area contributed by atoms with Gasteiger partial charge in [-0.3, -0.25) is 0 Å². The molecule has 0 aromatic heterocycles. The van der Waals surface area contributed by atoms with Gasteiger partial charge in [-0.2, -0.15) is 0 Å². The summed E-state index contributed by atoms with van der Waals surface area (Å²) in [5.41, 5.74) is 1.46. The van der Waals surface area contributed by atoms with Crippen molar-refractivity contribution >= 4 is 5.97 Å². The Labute approximate surface area is 130 Å². The maximum absolute atomic E-state index is 11.0. The van der Waals surface area contributed by atoms with Crippen molar-refractivity contribution in [2.45, 2.75) is 19.8 Å². The standard InChI is InChI=1S/C18H20O4/c1-2-14-8-10-15(11-9-14)21-12-5-13-22-17-7-4-3-6-16(17)18(19)20/h3-4,6-11H,2,5,12-13H2,1H3,(H,19,20). The smallest absolute Gasteiger partial charge is 0.339 e. The second kappa shape index (κ2) is 8.08. The van der Waals surface area contributed by atoms with Crippen LogP contribution < -0.4 is 9.47 Å². The average molecular weight is 300 g/mol. The van der Waals surface area contributed by atoms with Gasteiger partial charge < -0.3 is 14.6 Å². The minimum atomic E-state index is -0.983. The van der Waals surface area contributed by atoms with E-state index < -0.39 is 5.97 Å². The van der Waals surface area contributed by atoms with Crippen LogP contribution in [0.2, 0.25) is 0 Å². The Morgan fingerprint density at radius 1 is 1.00 bits per heavy atom. The van der Waals surface area contributed by atoms with E-state index in [1.807, 2.05) is 12.1 Å². The highest BCUT2D eigenvalue weighted by Gasteiger charge is 2.09. The fraction of sp³-hybridized carbons (Fsp3) is 0.278. The summed E-state index contributed by atoms with van der Waals surface area (Å²) < 4.78 is 11.1. The van der Waals surface area contributed by atoms with Gasteiger partial charge in [0.2, 0.25) is 0 Å². The van der Waals surface area contributed by atoms with Crippen molar-refractivity contribution < 1.29 is 19.4 Å². The molecule has 0 bridgehead atoms. The Kier molecular flexibility index (Phi) is 5.83. The van der Waals surface area contributed by atoms with Crippen LogP contribution in [0.15, 0.2) is 48.5 Å². The van der Waals surface area contributed by atoms with E-state index in [0.717, 1.165) is 12.2 Å². The highest BCUT2D eigenvalue weighted by molar-refractivity contribution is 5.90. The molecule has 0 saturated heterocycles. The number of carboxylic acid groups (broad SMARTS) is 1. The molecule has 0 unspecified atom stereocenters. The second-order valence-electron chi connectivity index (χ2n) is 4.85. The number of hydrogen-bond acceptors (Lipinski definition) is 3. The van der Waals surface area contributed by atoms with Crippen molar-refractivity contribution in [2.75, 3.05) is 13.2 Å². The van der Waals surface area contributed by atoms with Gasteiger partial charge in [-0.1, -0.05) is 31.2 Å². The fourth-order valence-corrected chi connectivity index (χ4v) is 2.02. The van der Waals surface area contributed by atoms with E-state index in [1.54, 1.807) is 18.2 Å². The molecule has 116 valence electrons. The van der Waals surface area contributed by atoms with E-state index in [4.69, 9.17) is 14.6 Å². The molecule has 22 heavy (non-hydrogen) atoms. The second-order valence-corrected chi connectivity index (χ2v) is 4.85. The third-order valence-electron chi connectivity index (χ3n) is 3.26. The van der Waals surface area contributed by atoms with Crippen molar-refractivity contribution in [3.8, 4) is 11.5 Å². The number of carbonyl (C=O) groups is 1. The molecule has 2 aromatic carbocycles. The number of aryl methyl sites for hydroxylation is 1. The van der Waals surface area contributed by atoms with E-state index >= 15 is 0 Å². The number of para-hydroxylation sites is 1. The quantitative estimate of drug-likeness (QED) is 0.753. The Hall–Kier alpha value is -2.49. The van der Waals surface area contributed by atoms with Crippen LogP contribution >= 0.6 is 0 Å². The highest BCUT2D eigenvalue weighted by atomic mass is 16.5. The minimum absolute atomic E-state index is 0.179. The Balaban J connectivity index is 1.74. The van der Waals surface area contributed by atoms with Crippen molar-refractivity contribution in [1.29, 1.82) is 0 Å². The van der Waals surface area contributed by atoms with Gasteiger partial charge in [-0.05, 0) is 36.2 Å². The Morgan fingerprint density at radius 2 is 1.68 bits per heavy atom. The monoisotopic (exact) mass is 300 g/mol. The first-order valence-electron chi connectivity index (χ1n) is 7.37. The van der Waals surface area contributed by atoms with Crippen LogP contribution in [0.25, 0.3) is 0 Å². The molecule has 0 aliphatic carbocycles. The van der Waals surface area contributed by atoms with Gasteiger partial charge in [0.1, 0.15) is 17.1 Å². The molecule has 0 saturated carbocycles. The average Bonchev–Trinajstić information content (AvgIpc) is 2.55. The molecule has 2 aromatic rings. The number of rotatable bonds is 8. The lowest BCUT2D eigenvalue weighted by Crippen LogP contribution is -2.07. The zero-order chi connectivity index (χ0) is 15.8. The Bertz CT molecular complexity index is 605. The van der Waals surface area contributed by atoms with Crippen LogP contribution in [-0.2, 0) is 6.42 Å². The van der Waals surface area contributed by atoms with Gasteiger partial charge >= 0.3 is 5.97 Å². The first-order chi connectivity index (χ1) is 10.7. The van der Waals surface area contributed by atoms with Gasteiger partial charge in [0.25, 0.3) is 0 Å². The molecular formula is C18H20O4. The molecule has 0 fully saturated rings. The predicted octanol–water partition coefficient (Wildman–Crippen LogP) is 3.80. The van der Waals surface area contributed by atoms with Crippen LogP contribution in [0.4, 0.5) is 0 Å². The molecule has 0 amide bonds. The molecule has 4 heteroatoms. The molecule has 4 nitrogen and oxygen atoms in total. The topological polar surface area (TPSA) is 55.8 Å². The van der Waals surface area contributed by atoms with Crippen LogP contribution in [-0.4, -0.2) is 24.3 Å². The van der Waals surface area contributed by atoms with Crippen molar-refractivity contribution in [1.82, 2.24) is 0 Å². The summed E-state index contributed by atoms with van der Waals surface area (Å²) in [5, 5.41) is 9.06. The molecule has 0 atom stereocenters. The SMILES string of the molecule is CCc1ccc(OCCCOc2ccccc2C(=O)O)cc1. The summed E-state index contributed by atoms with van der Waals surface area (Å²) in [6.45, 7) is 3.06. The number of carboxylic acids is 1. The van der Waals surface area contributed by atoms with Crippen LogP contribution in [0.5, 0.6) is 11.5 Å². The first kappa shape index (κ1) is 15.9. The lowest BCUT2D eigenvalue weighted by molar-refractivity contribution is 0.0692. The van der Waals surface area contributed by atoms with Crippen LogP contribution in [0.1, 0.15) is 29.3 Å². The highest BCUT2D eigenvalue weighted by Crippen LogP contribution is 2.18. The van der Waals surface area contributed by atoms with Crippen molar-refractivity contribution in [3.05, 3.63) is 59.7 Å². The summed E-state index contributed by atoms with van der Waals surface area (Å²) >= 11 is 0. The third kappa shape index (κ3) is 4.52. The van der Waals surface area contributed by atoms with E-state index in [-0.39, 0.29) is 5.56 Å². The summed E-state index contributed by atoms with van der Waals surface area (Å²) in [6, 6.07) is 14.6. The van der Waals surface area contributed by atoms with Gasteiger partial charge in [0.15, 0.2) is 0 Å². The van der Waals surface area contributed by atoms with Crippen LogP contribution in [0.3, 0.4) is 0 Å². The van der Waals surface area contributed by atoms with Crippen molar-refractivity contribution in [3.63, 3.8) is 0 Å². The normalized spacial score (nSPS) is 10.2. The molecule has 0 aliphatic rings. The Morgan fingerprint density at radius 3 is 2.36 bits per heavy atom. The van der Waals surface area contributed by atoms with Gasteiger partial charge in [-0.15, -0.1) is 0 Å². The summed E-state index contributed by atoms with van der Waals surface area (Å²) in [5.74, 6) is 0.244. The summed E-state index contributed by atoms with van der Waals surface area (Å²) in [6.07, 6.45) is 1.70. The molecule has 1 N–H and O–H groups in total.